The van der Waals surface area contributed by atoms with Gasteiger partial charge >= 0.3 is 0 Å². The Labute approximate surface area is 143 Å². The second-order valence-electron chi connectivity index (χ2n) is 6.99. The molecule has 0 saturated heterocycles. The summed E-state index contributed by atoms with van der Waals surface area (Å²) in [7, 11) is 0. The third kappa shape index (κ3) is 3.67. The molecule has 5 heteroatoms. The number of H-pyrrole nitrogens is 1. The lowest BCUT2D eigenvalue weighted by Gasteiger charge is -2.22. The standard InChI is InChI=1S/C19H26N4O/c1-12(2)13-3-5-14(6-4-13)17(20)11-21-19(24)15-7-8-16-10-22-23-18(16)9-15/h3-6,10,12,15,17H,7-9,11,20H2,1-2H3,(H,21,24)(H,22,23)/t15-,17-/m1/s1. The zero-order valence-corrected chi connectivity index (χ0v) is 14.4. The predicted octanol–water partition coefficient (Wildman–Crippen LogP) is 2.45. The van der Waals surface area contributed by atoms with Gasteiger partial charge in [0.25, 0.3) is 0 Å². The molecule has 0 bridgehead atoms. The number of carbonyl (C=O) groups is 1. The Morgan fingerprint density at radius 3 is 2.75 bits per heavy atom. The number of rotatable bonds is 5. The van der Waals surface area contributed by atoms with E-state index in [1.165, 1.54) is 11.1 Å². The van der Waals surface area contributed by atoms with E-state index in [0.29, 0.717) is 12.5 Å². The zero-order chi connectivity index (χ0) is 17.1. The summed E-state index contributed by atoms with van der Waals surface area (Å²) < 4.78 is 0. The van der Waals surface area contributed by atoms with Gasteiger partial charge in [0.15, 0.2) is 0 Å². The van der Waals surface area contributed by atoms with Gasteiger partial charge in [-0.05, 0) is 35.4 Å². The average Bonchev–Trinajstić information content (AvgIpc) is 3.07. The van der Waals surface area contributed by atoms with E-state index in [0.717, 1.165) is 30.5 Å². The van der Waals surface area contributed by atoms with Gasteiger partial charge in [-0.3, -0.25) is 9.89 Å². The van der Waals surface area contributed by atoms with Crippen LogP contribution in [0.15, 0.2) is 30.5 Å². The highest BCUT2D eigenvalue weighted by atomic mass is 16.1. The molecule has 3 rings (SSSR count). The van der Waals surface area contributed by atoms with Crippen molar-refractivity contribution in [2.45, 2.75) is 45.1 Å². The van der Waals surface area contributed by atoms with Crippen LogP contribution >= 0.6 is 0 Å². The van der Waals surface area contributed by atoms with Crippen molar-refractivity contribution in [2.24, 2.45) is 11.7 Å². The highest BCUT2D eigenvalue weighted by Crippen LogP contribution is 2.24. The first-order chi connectivity index (χ1) is 11.5. The van der Waals surface area contributed by atoms with Gasteiger partial charge in [0.2, 0.25) is 5.91 Å². The molecule has 1 aliphatic rings. The third-order valence-electron chi connectivity index (χ3n) is 4.92. The fourth-order valence-corrected chi connectivity index (χ4v) is 3.23. The number of hydrogen-bond acceptors (Lipinski definition) is 3. The second-order valence-corrected chi connectivity index (χ2v) is 6.99. The second kappa shape index (κ2) is 7.18. The van der Waals surface area contributed by atoms with Crippen molar-refractivity contribution >= 4 is 5.91 Å². The van der Waals surface area contributed by atoms with Gasteiger partial charge in [-0.15, -0.1) is 0 Å². The van der Waals surface area contributed by atoms with Crippen LogP contribution in [0.2, 0.25) is 0 Å². The van der Waals surface area contributed by atoms with Crippen LogP contribution in [0.4, 0.5) is 0 Å². The Morgan fingerprint density at radius 1 is 1.33 bits per heavy atom. The van der Waals surface area contributed by atoms with Crippen molar-refractivity contribution in [1.82, 2.24) is 15.5 Å². The Morgan fingerprint density at radius 2 is 2.04 bits per heavy atom. The van der Waals surface area contributed by atoms with Crippen LogP contribution in [0, 0.1) is 5.92 Å². The largest absolute Gasteiger partial charge is 0.354 e. The minimum absolute atomic E-state index is 0.00784. The molecule has 0 saturated carbocycles. The van der Waals surface area contributed by atoms with Gasteiger partial charge in [0.05, 0.1) is 6.20 Å². The van der Waals surface area contributed by atoms with Crippen molar-refractivity contribution < 1.29 is 4.79 Å². The van der Waals surface area contributed by atoms with Crippen molar-refractivity contribution in [3.05, 3.63) is 52.8 Å². The number of aromatic amines is 1. The summed E-state index contributed by atoms with van der Waals surface area (Å²) in [6.07, 6.45) is 4.38. The molecule has 4 N–H and O–H groups in total. The van der Waals surface area contributed by atoms with Crippen LogP contribution in [-0.4, -0.2) is 22.6 Å². The molecule has 0 aliphatic heterocycles. The molecular weight excluding hydrogens is 300 g/mol. The van der Waals surface area contributed by atoms with Crippen LogP contribution in [0.3, 0.4) is 0 Å². The molecule has 5 nitrogen and oxygen atoms in total. The number of amides is 1. The van der Waals surface area contributed by atoms with Gasteiger partial charge in [-0.1, -0.05) is 38.1 Å². The summed E-state index contributed by atoms with van der Waals surface area (Å²) in [5.41, 5.74) is 10.9. The van der Waals surface area contributed by atoms with E-state index in [1.54, 1.807) is 0 Å². The number of aromatic nitrogens is 2. The molecule has 0 fully saturated rings. The van der Waals surface area contributed by atoms with Gasteiger partial charge in [-0.2, -0.15) is 5.10 Å². The van der Waals surface area contributed by atoms with Crippen molar-refractivity contribution in [3.63, 3.8) is 0 Å². The van der Waals surface area contributed by atoms with Crippen LogP contribution < -0.4 is 11.1 Å². The van der Waals surface area contributed by atoms with Crippen molar-refractivity contribution in [1.29, 1.82) is 0 Å². The minimum Gasteiger partial charge on any atom is -0.354 e. The quantitative estimate of drug-likeness (QED) is 0.789. The molecule has 0 unspecified atom stereocenters. The molecule has 1 aromatic carbocycles. The maximum absolute atomic E-state index is 12.4. The van der Waals surface area contributed by atoms with E-state index in [1.807, 2.05) is 6.20 Å². The number of aryl methyl sites for hydroxylation is 1. The lowest BCUT2D eigenvalue weighted by molar-refractivity contribution is -0.125. The highest BCUT2D eigenvalue weighted by Gasteiger charge is 2.26. The van der Waals surface area contributed by atoms with E-state index in [2.05, 4.69) is 53.6 Å². The molecule has 1 aliphatic carbocycles. The van der Waals surface area contributed by atoms with Crippen LogP contribution in [0.5, 0.6) is 0 Å². The number of nitrogens with zero attached hydrogens (tertiary/aromatic N) is 1. The topological polar surface area (TPSA) is 83.8 Å². The Bertz CT molecular complexity index is 690. The summed E-state index contributed by atoms with van der Waals surface area (Å²) >= 11 is 0. The summed E-state index contributed by atoms with van der Waals surface area (Å²) in [5.74, 6) is 0.603. The van der Waals surface area contributed by atoms with Crippen LogP contribution in [0.25, 0.3) is 0 Å². The molecule has 24 heavy (non-hydrogen) atoms. The molecule has 2 atom stereocenters. The number of hydrogen-bond donors (Lipinski definition) is 3. The molecule has 0 spiro atoms. The average molecular weight is 326 g/mol. The number of benzene rings is 1. The molecule has 1 amide bonds. The molecule has 128 valence electrons. The van der Waals surface area contributed by atoms with E-state index >= 15 is 0 Å². The van der Waals surface area contributed by atoms with Gasteiger partial charge in [-0.25, -0.2) is 0 Å². The predicted molar refractivity (Wildman–Crippen MR) is 94.6 cm³/mol. The number of nitrogens with one attached hydrogen (secondary N) is 2. The Balaban J connectivity index is 1.52. The molecular formula is C19H26N4O. The normalized spacial score (nSPS) is 18.2. The van der Waals surface area contributed by atoms with Crippen molar-refractivity contribution in [2.75, 3.05) is 6.54 Å². The fourth-order valence-electron chi connectivity index (χ4n) is 3.23. The van der Waals surface area contributed by atoms with Crippen LogP contribution in [-0.2, 0) is 17.6 Å². The maximum atomic E-state index is 12.4. The first-order valence-corrected chi connectivity index (χ1v) is 8.69. The van der Waals surface area contributed by atoms with Crippen LogP contribution in [0.1, 0.15) is 54.6 Å². The molecule has 1 heterocycles. The number of fused-ring (bicyclic) bond motifs is 1. The monoisotopic (exact) mass is 326 g/mol. The fraction of sp³-hybridized carbons (Fsp3) is 0.474. The Hall–Kier alpha value is -2.14. The van der Waals surface area contributed by atoms with Gasteiger partial charge < -0.3 is 11.1 Å². The SMILES string of the molecule is CC(C)c1ccc([C@H](N)CNC(=O)[C@@H]2CCc3cn[nH]c3C2)cc1. The van der Waals surface area contributed by atoms with E-state index < -0.39 is 0 Å². The first-order valence-electron chi connectivity index (χ1n) is 8.69. The smallest absolute Gasteiger partial charge is 0.223 e. The minimum atomic E-state index is -0.179. The summed E-state index contributed by atoms with van der Waals surface area (Å²) in [4.78, 5) is 12.4. The van der Waals surface area contributed by atoms with Gasteiger partial charge in [0, 0.05) is 30.6 Å². The summed E-state index contributed by atoms with van der Waals surface area (Å²) in [6, 6.07) is 8.17. The van der Waals surface area contributed by atoms with Gasteiger partial charge in [0.1, 0.15) is 0 Å². The summed E-state index contributed by atoms with van der Waals surface area (Å²) in [5, 5.41) is 10.1. The molecule has 0 radical (unpaired) electrons. The zero-order valence-electron chi connectivity index (χ0n) is 14.4. The molecule has 1 aromatic heterocycles. The highest BCUT2D eigenvalue weighted by molar-refractivity contribution is 5.79. The van der Waals surface area contributed by atoms with E-state index in [-0.39, 0.29) is 17.9 Å². The maximum Gasteiger partial charge on any atom is 0.223 e. The number of carbonyl (C=O) groups excluding carboxylic acids is 1. The number of nitrogens with two attached hydrogens (primary N) is 1. The van der Waals surface area contributed by atoms with Crippen molar-refractivity contribution in [3.8, 4) is 0 Å². The van der Waals surface area contributed by atoms with E-state index in [4.69, 9.17) is 5.73 Å². The first kappa shape index (κ1) is 16.7. The molecule has 2 aromatic rings. The lowest BCUT2D eigenvalue weighted by atomic mass is 9.87. The summed E-state index contributed by atoms with van der Waals surface area (Å²) in [6.45, 7) is 4.81. The Kier molecular flexibility index (Phi) is 5.00. The van der Waals surface area contributed by atoms with E-state index in [9.17, 15) is 4.79 Å². The lowest BCUT2D eigenvalue weighted by Crippen LogP contribution is -2.38. The third-order valence-corrected chi connectivity index (χ3v) is 4.92.